The van der Waals surface area contributed by atoms with Gasteiger partial charge in [-0.05, 0) is 35.9 Å². The molecule has 0 aromatic heterocycles. The van der Waals surface area contributed by atoms with Crippen molar-refractivity contribution < 1.29 is 22.4 Å². The van der Waals surface area contributed by atoms with Crippen molar-refractivity contribution in [2.24, 2.45) is 0 Å². The first-order chi connectivity index (χ1) is 14.7. The lowest BCUT2D eigenvalue weighted by molar-refractivity contribution is -0.138. The third kappa shape index (κ3) is 6.48. The number of anilines is 2. The average Bonchev–Trinajstić information content (AvgIpc) is 2.73. The highest BCUT2D eigenvalue weighted by Crippen LogP contribution is 2.31. The fraction of sp³-hybridized carbons (Fsp3) is 0.381. The van der Waals surface area contributed by atoms with E-state index in [-0.39, 0.29) is 18.0 Å². The standard InChI is InChI=1S/C21H21Cl2F4N3O/c22-13-14-1-3-16(17(24)11-14)20(31)28-18-4-2-15(23)12-19(18)30-9-7-29(8-10-30)6-5-21(25,26)27/h1-4,11-12H,5-10,13H2,(H,28,31). The average molecular weight is 478 g/mol. The Morgan fingerprint density at radius 2 is 1.77 bits per heavy atom. The van der Waals surface area contributed by atoms with E-state index in [0.29, 0.717) is 48.1 Å². The molecule has 3 rings (SSSR count). The number of nitrogens with zero attached hydrogens (tertiary/aromatic N) is 2. The highest BCUT2D eigenvalue weighted by Gasteiger charge is 2.29. The van der Waals surface area contributed by atoms with E-state index in [9.17, 15) is 22.4 Å². The van der Waals surface area contributed by atoms with Gasteiger partial charge in [0, 0.05) is 43.6 Å². The normalized spacial score (nSPS) is 15.2. The molecule has 1 aliphatic rings. The van der Waals surface area contributed by atoms with E-state index in [1.54, 1.807) is 29.2 Å². The van der Waals surface area contributed by atoms with Gasteiger partial charge in [-0.3, -0.25) is 9.69 Å². The molecule has 2 aromatic carbocycles. The molecular weight excluding hydrogens is 457 g/mol. The van der Waals surface area contributed by atoms with Gasteiger partial charge < -0.3 is 10.2 Å². The van der Waals surface area contributed by atoms with Gasteiger partial charge in [0.1, 0.15) is 5.82 Å². The molecule has 10 heteroatoms. The van der Waals surface area contributed by atoms with Crippen LogP contribution in [-0.2, 0) is 5.88 Å². The zero-order chi connectivity index (χ0) is 22.6. The fourth-order valence-electron chi connectivity index (χ4n) is 3.38. The molecule has 1 saturated heterocycles. The monoisotopic (exact) mass is 477 g/mol. The molecule has 0 radical (unpaired) electrons. The SMILES string of the molecule is O=C(Nc1ccc(Cl)cc1N1CCN(CCC(F)(F)F)CC1)c1ccc(CCl)cc1F. The van der Waals surface area contributed by atoms with E-state index >= 15 is 0 Å². The first-order valence-electron chi connectivity index (χ1n) is 9.65. The summed E-state index contributed by atoms with van der Waals surface area (Å²) in [7, 11) is 0. The van der Waals surface area contributed by atoms with Crippen LogP contribution in [0.3, 0.4) is 0 Å². The highest BCUT2D eigenvalue weighted by atomic mass is 35.5. The molecule has 0 aliphatic carbocycles. The zero-order valence-electron chi connectivity index (χ0n) is 16.5. The molecule has 1 amide bonds. The van der Waals surface area contributed by atoms with Crippen molar-refractivity contribution in [2.75, 3.05) is 42.9 Å². The zero-order valence-corrected chi connectivity index (χ0v) is 18.0. The summed E-state index contributed by atoms with van der Waals surface area (Å²) in [5, 5.41) is 3.16. The van der Waals surface area contributed by atoms with E-state index < -0.39 is 24.3 Å². The van der Waals surface area contributed by atoms with Crippen LogP contribution in [0.1, 0.15) is 22.3 Å². The van der Waals surface area contributed by atoms with Crippen molar-refractivity contribution in [3.05, 3.63) is 58.4 Å². The molecule has 31 heavy (non-hydrogen) atoms. The maximum Gasteiger partial charge on any atom is 0.390 e. The Kier molecular flexibility index (Phi) is 7.67. The minimum Gasteiger partial charge on any atom is -0.367 e. The molecule has 0 unspecified atom stereocenters. The maximum atomic E-state index is 14.3. The predicted octanol–water partition coefficient (Wildman–Crippen LogP) is 5.54. The summed E-state index contributed by atoms with van der Waals surface area (Å²) in [6.45, 7) is 1.79. The van der Waals surface area contributed by atoms with Crippen molar-refractivity contribution in [3.8, 4) is 0 Å². The minimum absolute atomic E-state index is 0.0476. The Bertz CT molecular complexity index is 931. The summed E-state index contributed by atoms with van der Waals surface area (Å²) in [6.07, 6.45) is -5.03. The van der Waals surface area contributed by atoms with Crippen LogP contribution in [0.5, 0.6) is 0 Å². The van der Waals surface area contributed by atoms with Crippen molar-refractivity contribution >= 4 is 40.5 Å². The lowest BCUT2D eigenvalue weighted by Crippen LogP contribution is -2.47. The fourth-order valence-corrected chi connectivity index (χ4v) is 3.72. The molecule has 4 nitrogen and oxygen atoms in total. The number of hydrogen-bond acceptors (Lipinski definition) is 3. The van der Waals surface area contributed by atoms with Gasteiger partial charge in [0.2, 0.25) is 0 Å². The summed E-state index contributed by atoms with van der Waals surface area (Å²) in [5.41, 5.74) is 1.52. The third-order valence-electron chi connectivity index (χ3n) is 5.06. The molecule has 2 aromatic rings. The Morgan fingerprint density at radius 3 is 2.39 bits per heavy atom. The quantitative estimate of drug-likeness (QED) is 0.437. The van der Waals surface area contributed by atoms with Crippen LogP contribution in [0.15, 0.2) is 36.4 Å². The van der Waals surface area contributed by atoms with Crippen LogP contribution in [0.4, 0.5) is 28.9 Å². The molecule has 1 fully saturated rings. The van der Waals surface area contributed by atoms with Crippen molar-refractivity contribution in [3.63, 3.8) is 0 Å². The molecule has 1 aliphatic heterocycles. The number of carbonyl (C=O) groups is 1. The van der Waals surface area contributed by atoms with Gasteiger partial charge in [-0.25, -0.2) is 4.39 Å². The summed E-state index contributed by atoms with van der Waals surface area (Å²) < 4.78 is 51.6. The van der Waals surface area contributed by atoms with Crippen LogP contribution >= 0.6 is 23.2 Å². The van der Waals surface area contributed by atoms with Gasteiger partial charge in [0.25, 0.3) is 5.91 Å². The second kappa shape index (κ2) is 10.1. The van der Waals surface area contributed by atoms with Crippen molar-refractivity contribution in [1.29, 1.82) is 0 Å². The first-order valence-corrected chi connectivity index (χ1v) is 10.6. The predicted molar refractivity (Wildman–Crippen MR) is 115 cm³/mol. The van der Waals surface area contributed by atoms with E-state index in [4.69, 9.17) is 23.2 Å². The summed E-state index contributed by atoms with van der Waals surface area (Å²) in [5.74, 6) is -1.16. The van der Waals surface area contributed by atoms with Crippen LogP contribution in [-0.4, -0.2) is 49.7 Å². The first kappa shape index (κ1) is 23.6. The molecule has 0 bridgehead atoms. The van der Waals surface area contributed by atoms with E-state index in [1.165, 1.54) is 12.1 Å². The van der Waals surface area contributed by atoms with Gasteiger partial charge in [-0.1, -0.05) is 17.7 Å². The minimum atomic E-state index is -4.18. The van der Waals surface area contributed by atoms with Gasteiger partial charge in [-0.15, -0.1) is 11.6 Å². The largest absolute Gasteiger partial charge is 0.390 e. The molecular formula is C21H21Cl2F4N3O. The van der Waals surface area contributed by atoms with Gasteiger partial charge >= 0.3 is 6.18 Å². The number of alkyl halides is 4. The number of nitrogens with one attached hydrogen (secondary N) is 1. The molecule has 1 N–H and O–H groups in total. The second-order valence-electron chi connectivity index (χ2n) is 7.26. The van der Waals surface area contributed by atoms with Crippen molar-refractivity contribution in [2.45, 2.75) is 18.5 Å². The molecule has 0 saturated carbocycles. The smallest absolute Gasteiger partial charge is 0.367 e. The Balaban J connectivity index is 1.71. The number of hydrogen-bond donors (Lipinski definition) is 1. The number of halogens is 6. The third-order valence-corrected chi connectivity index (χ3v) is 5.61. The number of amides is 1. The maximum absolute atomic E-state index is 14.3. The Labute approximate surface area is 187 Å². The highest BCUT2D eigenvalue weighted by molar-refractivity contribution is 6.31. The molecule has 0 spiro atoms. The lowest BCUT2D eigenvalue weighted by atomic mass is 10.1. The van der Waals surface area contributed by atoms with Crippen LogP contribution in [0.2, 0.25) is 5.02 Å². The van der Waals surface area contributed by atoms with Crippen LogP contribution < -0.4 is 10.2 Å². The summed E-state index contributed by atoms with van der Waals surface area (Å²) >= 11 is 11.8. The number of benzene rings is 2. The van der Waals surface area contributed by atoms with Gasteiger partial charge in [0.05, 0.1) is 23.4 Å². The van der Waals surface area contributed by atoms with E-state index in [1.807, 2.05) is 4.90 Å². The topological polar surface area (TPSA) is 35.6 Å². The Morgan fingerprint density at radius 1 is 1.06 bits per heavy atom. The lowest BCUT2D eigenvalue weighted by Gasteiger charge is -2.37. The van der Waals surface area contributed by atoms with Gasteiger partial charge in [0.15, 0.2) is 0 Å². The number of carbonyl (C=O) groups excluding carboxylic acids is 1. The molecule has 0 atom stereocenters. The van der Waals surface area contributed by atoms with Crippen molar-refractivity contribution in [1.82, 2.24) is 4.90 Å². The molecule has 168 valence electrons. The van der Waals surface area contributed by atoms with E-state index in [2.05, 4.69) is 5.32 Å². The second-order valence-corrected chi connectivity index (χ2v) is 7.96. The number of rotatable bonds is 6. The Hall–Kier alpha value is -2.03. The van der Waals surface area contributed by atoms with Crippen LogP contribution in [0.25, 0.3) is 0 Å². The van der Waals surface area contributed by atoms with Crippen LogP contribution in [0, 0.1) is 5.82 Å². The number of piperazine rings is 1. The van der Waals surface area contributed by atoms with E-state index in [0.717, 1.165) is 0 Å². The molecule has 1 heterocycles. The summed E-state index contributed by atoms with van der Waals surface area (Å²) in [6, 6.07) is 9.06. The summed E-state index contributed by atoms with van der Waals surface area (Å²) in [4.78, 5) is 16.3. The van der Waals surface area contributed by atoms with Gasteiger partial charge in [-0.2, -0.15) is 13.2 Å².